The van der Waals surface area contributed by atoms with E-state index in [2.05, 4.69) is 10.5 Å². The Balaban J connectivity index is 2.20. The van der Waals surface area contributed by atoms with Gasteiger partial charge in [-0.25, -0.2) is 4.98 Å². The Morgan fingerprint density at radius 1 is 1.80 bits per heavy atom. The first kappa shape index (κ1) is 5.73. The van der Waals surface area contributed by atoms with Crippen LogP contribution < -0.4 is 4.90 Å². The van der Waals surface area contributed by atoms with Crippen molar-refractivity contribution in [1.82, 2.24) is 4.98 Å². The van der Waals surface area contributed by atoms with Crippen LogP contribution >= 0.6 is 11.3 Å². The van der Waals surface area contributed by atoms with Crippen molar-refractivity contribution in [2.45, 2.75) is 0 Å². The van der Waals surface area contributed by atoms with Crippen LogP contribution in [0.2, 0.25) is 0 Å². The summed E-state index contributed by atoms with van der Waals surface area (Å²) in [6.45, 7) is 0.567. The largest absolute Gasteiger partial charge is 0.479 e. The van der Waals surface area contributed by atoms with Crippen LogP contribution in [0.5, 0.6) is 0 Å². The lowest BCUT2D eigenvalue weighted by atomic mass is 10.7. The van der Waals surface area contributed by atoms with E-state index < -0.39 is 0 Å². The molecule has 1 aromatic heterocycles. The average molecular weight is 153 g/mol. The summed E-state index contributed by atoms with van der Waals surface area (Å²) in [5.41, 5.74) is 2.77. The Morgan fingerprint density at radius 3 is 3.40 bits per heavy atom. The van der Waals surface area contributed by atoms with Gasteiger partial charge in [0.2, 0.25) is 0 Å². The molecule has 1 aliphatic heterocycles. The van der Waals surface area contributed by atoms with E-state index in [9.17, 15) is 0 Å². The fourth-order valence-electron chi connectivity index (χ4n) is 0.736. The summed E-state index contributed by atoms with van der Waals surface area (Å²) in [7, 11) is 0. The Bertz CT molecular complexity index is 232. The predicted molar refractivity (Wildman–Crippen MR) is 38.5 cm³/mol. The molecule has 0 N–H and O–H groups in total. The third-order valence-corrected chi connectivity index (χ3v) is 1.75. The maximum atomic E-state index is 4.98. The molecule has 1 radical (unpaired) electrons. The highest BCUT2D eigenvalue weighted by atomic mass is 32.1. The lowest BCUT2D eigenvalue weighted by Crippen LogP contribution is -2.12. The topological polar surface area (TPSA) is 25.4 Å². The zero-order valence-electron chi connectivity index (χ0n) is 5.15. The monoisotopic (exact) mass is 153 g/mol. The van der Waals surface area contributed by atoms with Crippen molar-refractivity contribution in [1.29, 1.82) is 0 Å². The third-order valence-electron chi connectivity index (χ3n) is 1.22. The van der Waals surface area contributed by atoms with Crippen molar-refractivity contribution in [2.24, 2.45) is 0 Å². The number of ether oxygens (including phenoxy) is 1. The molecule has 0 saturated heterocycles. The molecule has 0 amide bonds. The molecule has 0 aromatic carbocycles. The van der Waals surface area contributed by atoms with Gasteiger partial charge in [0.25, 0.3) is 0 Å². The van der Waals surface area contributed by atoms with Gasteiger partial charge in [0.05, 0.1) is 0 Å². The summed E-state index contributed by atoms with van der Waals surface area (Å²) in [5, 5.41) is 1.93. The minimum atomic E-state index is 0.567. The number of thiazole rings is 1. The molecule has 3 nitrogen and oxygen atoms in total. The van der Waals surface area contributed by atoms with Gasteiger partial charge in [-0.1, -0.05) is 0 Å². The number of aromatic nitrogens is 1. The number of nitrogens with zero attached hydrogens (tertiary/aromatic N) is 2. The van der Waals surface area contributed by atoms with Crippen molar-refractivity contribution >= 4 is 17.2 Å². The zero-order valence-corrected chi connectivity index (χ0v) is 5.97. The van der Waals surface area contributed by atoms with Gasteiger partial charge in [0.1, 0.15) is 12.1 Å². The predicted octanol–water partition coefficient (Wildman–Crippen LogP) is 1.21. The first-order valence-electron chi connectivity index (χ1n) is 2.83. The van der Waals surface area contributed by atoms with E-state index in [-0.39, 0.29) is 0 Å². The molecule has 2 heterocycles. The Morgan fingerprint density at radius 2 is 2.80 bits per heavy atom. The first-order chi connectivity index (χ1) is 4.97. The van der Waals surface area contributed by atoms with Crippen LogP contribution in [0.3, 0.4) is 0 Å². The summed E-state index contributed by atoms with van der Waals surface area (Å²) < 4.78 is 4.98. The molecule has 1 aliphatic rings. The summed E-state index contributed by atoms with van der Waals surface area (Å²) in [6.07, 6.45) is 3.50. The first-order valence-corrected chi connectivity index (χ1v) is 3.71. The number of rotatable bonds is 1. The van der Waals surface area contributed by atoms with Crippen LogP contribution in [0.15, 0.2) is 17.8 Å². The molecular formula is C6H5N2OS. The maximum absolute atomic E-state index is 4.98. The molecule has 0 bridgehead atoms. The lowest BCUT2D eigenvalue weighted by Gasteiger charge is -2.07. The third kappa shape index (κ3) is 0.863. The van der Waals surface area contributed by atoms with Crippen LogP contribution in [-0.4, -0.2) is 11.7 Å². The maximum Gasteiger partial charge on any atom is 0.165 e. The van der Waals surface area contributed by atoms with Gasteiger partial charge in [-0.2, -0.15) is 0 Å². The molecule has 4 heteroatoms. The summed E-state index contributed by atoms with van der Waals surface area (Å²) in [5.74, 6) is 0.902. The highest BCUT2D eigenvalue weighted by Gasteiger charge is 2.08. The molecule has 2 rings (SSSR count). The second-order valence-corrected chi connectivity index (χ2v) is 2.50. The minimum absolute atomic E-state index is 0.567. The smallest absolute Gasteiger partial charge is 0.165 e. The highest BCUT2D eigenvalue weighted by Crippen LogP contribution is 2.15. The van der Waals surface area contributed by atoms with Gasteiger partial charge >= 0.3 is 0 Å². The lowest BCUT2D eigenvalue weighted by molar-refractivity contribution is 0.281. The second kappa shape index (κ2) is 2.30. The summed E-state index contributed by atoms with van der Waals surface area (Å²) >= 11 is 1.46. The van der Waals surface area contributed by atoms with Crippen molar-refractivity contribution < 1.29 is 4.74 Å². The highest BCUT2D eigenvalue weighted by molar-refractivity contribution is 7.07. The van der Waals surface area contributed by atoms with Gasteiger partial charge < -0.3 is 4.74 Å². The van der Waals surface area contributed by atoms with Gasteiger partial charge in [0, 0.05) is 11.6 Å². The van der Waals surface area contributed by atoms with E-state index in [1.54, 1.807) is 6.26 Å². The fourth-order valence-corrected chi connectivity index (χ4v) is 1.23. The molecule has 0 fully saturated rings. The van der Waals surface area contributed by atoms with E-state index in [0.717, 1.165) is 5.82 Å². The quantitative estimate of drug-likeness (QED) is 0.606. The van der Waals surface area contributed by atoms with Crippen LogP contribution in [0.25, 0.3) is 0 Å². The van der Waals surface area contributed by atoms with Crippen molar-refractivity contribution in [3.63, 3.8) is 0 Å². The van der Waals surface area contributed by atoms with Crippen molar-refractivity contribution in [3.8, 4) is 0 Å². The van der Waals surface area contributed by atoms with Crippen LogP contribution in [0, 0.1) is 5.51 Å². The van der Waals surface area contributed by atoms with Gasteiger partial charge in [0.15, 0.2) is 12.2 Å². The van der Waals surface area contributed by atoms with E-state index in [1.807, 2.05) is 16.5 Å². The Hall–Kier alpha value is -1.03. The van der Waals surface area contributed by atoms with E-state index in [1.165, 1.54) is 11.3 Å². The number of anilines is 1. The van der Waals surface area contributed by atoms with Gasteiger partial charge in [-0.15, -0.1) is 11.3 Å². The Kier molecular flexibility index (Phi) is 1.32. The number of hydrogen-bond acceptors (Lipinski definition) is 4. The van der Waals surface area contributed by atoms with E-state index in [0.29, 0.717) is 6.73 Å². The SMILES string of the molecule is [c]1nc(N2C=COC2)cs1. The molecule has 0 spiro atoms. The van der Waals surface area contributed by atoms with E-state index >= 15 is 0 Å². The van der Waals surface area contributed by atoms with Crippen molar-refractivity contribution in [2.75, 3.05) is 11.6 Å². The molecule has 0 atom stereocenters. The van der Waals surface area contributed by atoms with Crippen LogP contribution in [-0.2, 0) is 4.74 Å². The summed E-state index contributed by atoms with van der Waals surface area (Å²) in [6, 6.07) is 0. The molecule has 0 unspecified atom stereocenters. The molecule has 0 aliphatic carbocycles. The van der Waals surface area contributed by atoms with Crippen molar-refractivity contribution in [3.05, 3.63) is 23.4 Å². The molecule has 0 saturated carbocycles. The standard InChI is InChI=1S/C6H5N2OS/c1-2-9-5-8(1)6-3-10-4-7-6/h1-3H,5H2. The Labute approximate surface area is 62.6 Å². The van der Waals surface area contributed by atoms with Gasteiger partial charge in [-0.3, -0.25) is 4.90 Å². The van der Waals surface area contributed by atoms with Crippen LogP contribution in [0.1, 0.15) is 0 Å². The zero-order chi connectivity index (χ0) is 6.81. The van der Waals surface area contributed by atoms with Gasteiger partial charge in [-0.05, 0) is 0 Å². The summed E-state index contributed by atoms with van der Waals surface area (Å²) in [4.78, 5) is 5.90. The minimum Gasteiger partial charge on any atom is -0.479 e. The molecule has 1 aromatic rings. The van der Waals surface area contributed by atoms with E-state index in [4.69, 9.17) is 4.74 Å². The average Bonchev–Trinajstić information content (AvgIpc) is 2.59. The molecular weight excluding hydrogens is 148 g/mol. The fraction of sp³-hybridized carbons (Fsp3) is 0.167. The second-order valence-electron chi connectivity index (χ2n) is 1.85. The number of hydrogen-bond donors (Lipinski definition) is 0. The van der Waals surface area contributed by atoms with Crippen LogP contribution in [0.4, 0.5) is 5.82 Å². The molecule has 10 heavy (non-hydrogen) atoms. The normalized spacial score (nSPS) is 15.8. The molecule has 51 valence electrons.